The summed E-state index contributed by atoms with van der Waals surface area (Å²) < 4.78 is 0. The average Bonchev–Trinajstić information content (AvgIpc) is 2.48. The van der Waals surface area contributed by atoms with Gasteiger partial charge in [-0.1, -0.05) is 17.7 Å². The Balaban J connectivity index is 1.92. The van der Waals surface area contributed by atoms with E-state index in [1.165, 1.54) is 5.56 Å². The Kier molecular flexibility index (Phi) is 3.52. The van der Waals surface area contributed by atoms with Crippen LogP contribution in [0.1, 0.15) is 11.3 Å². The van der Waals surface area contributed by atoms with E-state index in [-0.39, 0.29) is 0 Å². The first-order chi connectivity index (χ1) is 9.75. The van der Waals surface area contributed by atoms with Crippen molar-refractivity contribution in [2.75, 3.05) is 5.32 Å². The molecule has 0 saturated carbocycles. The molecule has 3 rings (SSSR count). The summed E-state index contributed by atoms with van der Waals surface area (Å²) in [6.45, 7) is 2.72. The van der Waals surface area contributed by atoms with Crippen molar-refractivity contribution in [3.05, 3.63) is 65.1 Å². The molecule has 0 bridgehead atoms. The number of hydrogen-bond acceptors (Lipinski definition) is 3. The Morgan fingerprint density at radius 3 is 2.70 bits per heavy atom. The molecular formula is C16H14ClN3. The van der Waals surface area contributed by atoms with Crippen LogP contribution in [-0.2, 0) is 6.54 Å². The van der Waals surface area contributed by atoms with E-state index < -0.39 is 0 Å². The smallest absolute Gasteiger partial charge is 0.0948 e. The van der Waals surface area contributed by atoms with Crippen LogP contribution >= 0.6 is 11.6 Å². The van der Waals surface area contributed by atoms with Crippen LogP contribution in [0.25, 0.3) is 10.9 Å². The van der Waals surface area contributed by atoms with E-state index in [1.54, 1.807) is 6.20 Å². The maximum Gasteiger partial charge on any atom is 0.0948 e. The van der Waals surface area contributed by atoms with Gasteiger partial charge in [-0.05, 0) is 42.8 Å². The molecule has 2 aromatic heterocycles. The molecule has 100 valence electrons. The first-order valence-corrected chi connectivity index (χ1v) is 6.81. The minimum absolute atomic E-state index is 0.667. The molecule has 0 aliphatic rings. The van der Waals surface area contributed by atoms with Gasteiger partial charge >= 0.3 is 0 Å². The van der Waals surface area contributed by atoms with Crippen LogP contribution in [-0.4, -0.2) is 9.97 Å². The Morgan fingerprint density at radius 1 is 1.05 bits per heavy atom. The van der Waals surface area contributed by atoms with Gasteiger partial charge in [0.2, 0.25) is 0 Å². The van der Waals surface area contributed by atoms with Gasteiger partial charge in [-0.25, -0.2) is 0 Å². The number of hydrogen-bond donors (Lipinski definition) is 1. The molecule has 0 unspecified atom stereocenters. The molecule has 2 heterocycles. The van der Waals surface area contributed by atoms with Gasteiger partial charge < -0.3 is 5.32 Å². The SMILES string of the molecule is Cc1cccnc1CNc1ccc(Cl)c2cccnc12. The van der Waals surface area contributed by atoms with Crippen molar-refractivity contribution in [2.45, 2.75) is 13.5 Å². The van der Waals surface area contributed by atoms with Crippen LogP contribution < -0.4 is 5.32 Å². The highest BCUT2D eigenvalue weighted by Crippen LogP contribution is 2.28. The van der Waals surface area contributed by atoms with Crippen molar-refractivity contribution < 1.29 is 0 Å². The fourth-order valence-electron chi connectivity index (χ4n) is 2.16. The lowest BCUT2D eigenvalue weighted by Gasteiger charge is -2.10. The normalized spacial score (nSPS) is 10.7. The highest BCUT2D eigenvalue weighted by atomic mass is 35.5. The monoisotopic (exact) mass is 283 g/mol. The third kappa shape index (κ3) is 2.45. The van der Waals surface area contributed by atoms with Crippen molar-refractivity contribution in [3.63, 3.8) is 0 Å². The van der Waals surface area contributed by atoms with Gasteiger partial charge in [0.1, 0.15) is 0 Å². The zero-order chi connectivity index (χ0) is 13.9. The molecule has 0 amide bonds. The summed E-state index contributed by atoms with van der Waals surface area (Å²) in [4.78, 5) is 8.79. The van der Waals surface area contributed by atoms with Crippen molar-refractivity contribution in [3.8, 4) is 0 Å². The number of nitrogens with zero attached hydrogens (tertiary/aromatic N) is 2. The Labute approximate surface area is 122 Å². The number of aromatic nitrogens is 2. The van der Waals surface area contributed by atoms with Crippen molar-refractivity contribution in [2.24, 2.45) is 0 Å². The highest BCUT2D eigenvalue weighted by molar-refractivity contribution is 6.35. The second kappa shape index (κ2) is 5.47. The van der Waals surface area contributed by atoms with Crippen LogP contribution in [0.5, 0.6) is 0 Å². The van der Waals surface area contributed by atoms with Gasteiger partial charge in [0.25, 0.3) is 0 Å². The third-order valence-corrected chi connectivity index (χ3v) is 3.61. The second-order valence-corrected chi connectivity index (χ2v) is 5.02. The predicted molar refractivity (Wildman–Crippen MR) is 83.1 cm³/mol. The zero-order valence-electron chi connectivity index (χ0n) is 11.1. The molecular weight excluding hydrogens is 270 g/mol. The number of nitrogens with one attached hydrogen (secondary N) is 1. The maximum absolute atomic E-state index is 6.19. The topological polar surface area (TPSA) is 37.8 Å². The quantitative estimate of drug-likeness (QED) is 0.783. The number of rotatable bonds is 3. The minimum atomic E-state index is 0.667. The van der Waals surface area contributed by atoms with E-state index >= 15 is 0 Å². The van der Waals surface area contributed by atoms with Gasteiger partial charge in [-0.2, -0.15) is 0 Å². The van der Waals surface area contributed by atoms with E-state index in [0.717, 1.165) is 22.3 Å². The average molecular weight is 284 g/mol. The Bertz CT molecular complexity index is 756. The van der Waals surface area contributed by atoms with Crippen molar-refractivity contribution in [1.29, 1.82) is 0 Å². The summed E-state index contributed by atoms with van der Waals surface area (Å²) >= 11 is 6.19. The highest BCUT2D eigenvalue weighted by Gasteiger charge is 2.06. The summed E-state index contributed by atoms with van der Waals surface area (Å²) in [6, 6.07) is 11.7. The zero-order valence-corrected chi connectivity index (χ0v) is 11.9. The van der Waals surface area contributed by atoms with Crippen LogP contribution in [0.15, 0.2) is 48.8 Å². The molecule has 3 aromatic rings. The molecule has 3 nitrogen and oxygen atoms in total. The van der Waals surface area contributed by atoms with Crippen molar-refractivity contribution >= 4 is 28.2 Å². The van der Waals surface area contributed by atoms with E-state index in [2.05, 4.69) is 28.3 Å². The molecule has 0 aliphatic carbocycles. The van der Waals surface area contributed by atoms with Gasteiger partial charge in [0.15, 0.2) is 0 Å². The Morgan fingerprint density at radius 2 is 1.85 bits per heavy atom. The molecule has 1 aromatic carbocycles. The fraction of sp³-hybridized carbons (Fsp3) is 0.125. The minimum Gasteiger partial charge on any atom is -0.378 e. The van der Waals surface area contributed by atoms with Crippen molar-refractivity contribution in [1.82, 2.24) is 9.97 Å². The molecule has 0 spiro atoms. The first-order valence-electron chi connectivity index (χ1n) is 6.43. The van der Waals surface area contributed by atoms with Gasteiger partial charge in [-0.3, -0.25) is 9.97 Å². The molecule has 0 atom stereocenters. The number of anilines is 1. The molecule has 0 radical (unpaired) electrons. The number of pyridine rings is 2. The Hall–Kier alpha value is -2.13. The number of aryl methyl sites for hydroxylation is 1. The number of halogens is 1. The summed E-state index contributed by atoms with van der Waals surface area (Å²) in [5, 5.41) is 5.06. The number of benzene rings is 1. The van der Waals surface area contributed by atoms with E-state index in [4.69, 9.17) is 11.6 Å². The number of fused-ring (bicyclic) bond motifs is 1. The van der Waals surface area contributed by atoms with Gasteiger partial charge in [-0.15, -0.1) is 0 Å². The predicted octanol–water partition coefficient (Wildman–Crippen LogP) is 4.20. The molecule has 20 heavy (non-hydrogen) atoms. The van der Waals surface area contributed by atoms with Crippen LogP contribution in [0.3, 0.4) is 0 Å². The maximum atomic E-state index is 6.19. The third-order valence-electron chi connectivity index (χ3n) is 3.28. The van der Waals surface area contributed by atoms with Crippen LogP contribution in [0, 0.1) is 6.92 Å². The summed E-state index contributed by atoms with van der Waals surface area (Å²) in [5.74, 6) is 0. The largest absolute Gasteiger partial charge is 0.378 e. The van der Waals surface area contributed by atoms with Gasteiger partial charge in [0, 0.05) is 17.8 Å². The summed E-state index contributed by atoms with van der Waals surface area (Å²) in [5.41, 5.74) is 4.06. The first kappa shape index (κ1) is 12.9. The summed E-state index contributed by atoms with van der Waals surface area (Å²) in [7, 11) is 0. The second-order valence-electron chi connectivity index (χ2n) is 4.62. The lowest BCUT2D eigenvalue weighted by atomic mass is 10.1. The lowest BCUT2D eigenvalue weighted by molar-refractivity contribution is 1.02. The lowest BCUT2D eigenvalue weighted by Crippen LogP contribution is -2.04. The van der Waals surface area contributed by atoms with Crippen LogP contribution in [0.2, 0.25) is 5.02 Å². The molecule has 1 N–H and O–H groups in total. The molecule has 0 aliphatic heterocycles. The standard InChI is InChI=1S/C16H14ClN3/c1-11-4-2-8-18-15(11)10-20-14-7-6-13(17)12-5-3-9-19-16(12)14/h2-9,20H,10H2,1H3. The molecule has 4 heteroatoms. The molecule has 0 saturated heterocycles. The van der Waals surface area contributed by atoms with E-state index in [9.17, 15) is 0 Å². The van der Waals surface area contributed by atoms with Crippen LogP contribution in [0.4, 0.5) is 5.69 Å². The van der Waals surface area contributed by atoms with E-state index in [0.29, 0.717) is 11.6 Å². The molecule has 0 fully saturated rings. The van der Waals surface area contributed by atoms with E-state index in [1.807, 2.05) is 36.5 Å². The van der Waals surface area contributed by atoms with Gasteiger partial charge in [0.05, 0.1) is 28.5 Å². The fourth-order valence-corrected chi connectivity index (χ4v) is 2.38. The summed E-state index contributed by atoms with van der Waals surface area (Å²) in [6.07, 6.45) is 3.58.